The summed E-state index contributed by atoms with van der Waals surface area (Å²) >= 11 is 0. The summed E-state index contributed by atoms with van der Waals surface area (Å²) in [5, 5.41) is 4.41. The third kappa shape index (κ3) is 4.51. The SMILES string of the molecule is CC(C)CC(N)CNc1c(-c2nc3ccc(N4CCOCC4)cc3[nH]2)c(=O)[nH]c2ccccc12. The lowest BCUT2D eigenvalue weighted by Crippen LogP contribution is -2.36. The van der Waals surface area contributed by atoms with Gasteiger partial charge in [-0.2, -0.15) is 0 Å². The standard InChI is InChI=1S/C26H32N6O2/c1-16(2)13-17(27)15-28-24-19-5-3-4-6-20(19)31-26(33)23(24)25-29-21-8-7-18(14-22(21)30-25)32-9-11-34-12-10-32/h3-8,14,16-17H,9-13,15,27H2,1-2H3,(H,29,30)(H2,28,31,33). The van der Waals surface area contributed by atoms with Gasteiger partial charge in [0.05, 0.1) is 35.5 Å². The van der Waals surface area contributed by atoms with Gasteiger partial charge in [0.2, 0.25) is 0 Å². The molecule has 5 N–H and O–H groups in total. The molecule has 3 heterocycles. The van der Waals surface area contributed by atoms with Crippen LogP contribution in [0.25, 0.3) is 33.3 Å². The number of H-pyrrole nitrogens is 2. The monoisotopic (exact) mass is 460 g/mol. The number of imidazole rings is 1. The van der Waals surface area contributed by atoms with Crippen molar-refractivity contribution in [1.82, 2.24) is 15.0 Å². The fourth-order valence-corrected chi connectivity index (χ4v) is 4.71. The van der Waals surface area contributed by atoms with E-state index in [4.69, 9.17) is 15.5 Å². The highest BCUT2D eigenvalue weighted by atomic mass is 16.5. The Morgan fingerprint density at radius 2 is 1.91 bits per heavy atom. The number of aromatic nitrogens is 3. The van der Waals surface area contributed by atoms with Crippen LogP contribution in [0.5, 0.6) is 0 Å². The number of hydrogen-bond donors (Lipinski definition) is 4. The summed E-state index contributed by atoms with van der Waals surface area (Å²) in [6.45, 7) is 8.07. The second-order valence-electron chi connectivity index (χ2n) is 9.41. The van der Waals surface area contributed by atoms with Gasteiger partial charge in [0.25, 0.3) is 5.56 Å². The van der Waals surface area contributed by atoms with Crippen molar-refractivity contribution in [2.45, 2.75) is 26.3 Å². The highest BCUT2D eigenvalue weighted by Gasteiger charge is 2.19. The maximum atomic E-state index is 13.3. The Balaban J connectivity index is 1.56. The van der Waals surface area contributed by atoms with Crippen LogP contribution >= 0.6 is 0 Å². The summed E-state index contributed by atoms with van der Waals surface area (Å²) in [6, 6.07) is 14.0. The van der Waals surface area contributed by atoms with Crippen molar-refractivity contribution in [3.8, 4) is 11.4 Å². The van der Waals surface area contributed by atoms with Crippen LogP contribution in [0, 0.1) is 5.92 Å². The van der Waals surface area contributed by atoms with E-state index in [1.165, 1.54) is 0 Å². The Hall–Kier alpha value is -3.36. The minimum atomic E-state index is -0.189. The molecule has 1 fully saturated rings. The maximum Gasteiger partial charge on any atom is 0.261 e. The van der Waals surface area contributed by atoms with E-state index in [1.807, 2.05) is 30.3 Å². The zero-order valence-corrected chi connectivity index (χ0v) is 19.7. The first-order valence-electron chi connectivity index (χ1n) is 12.0. The van der Waals surface area contributed by atoms with E-state index in [1.54, 1.807) is 0 Å². The number of rotatable bonds is 7. The molecule has 8 heteroatoms. The molecule has 0 spiro atoms. The molecule has 5 rings (SSSR count). The quantitative estimate of drug-likeness (QED) is 0.335. The molecule has 0 aliphatic carbocycles. The smallest absolute Gasteiger partial charge is 0.261 e. The number of aromatic amines is 2. The molecule has 178 valence electrons. The van der Waals surface area contributed by atoms with Gasteiger partial charge in [-0.25, -0.2) is 4.98 Å². The maximum absolute atomic E-state index is 13.3. The molecule has 4 aromatic rings. The van der Waals surface area contributed by atoms with Crippen LogP contribution in [0.15, 0.2) is 47.3 Å². The van der Waals surface area contributed by atoms with E-state index >= 15 is 0 Å². The van der Waals surface area contributed by atoms with Gasteiger partial charge in [0.1, 0.15) is 11.4 Å². The number of benzene rings is 2. The van der Waals surface area contributed by atoms with Crippen molar-refractivity contribution in [3.63, 3.8) is 0 Å². The van der Waals surface area contributed by atoms with Gasteiger partial charge in [-0.05, 0) is 36.6 Å². The van der Waals surface area contributed by atoms with Gasteiger partial charge in [-0.1, -0.05) is 32.0 Å². The van der Waals surface area contributed by atoms with Crippen molar-refractivity contribution in [1.29, 1.82) is 0 Å². The fourth-order valence-electron chi connectivity index (χ4n) is 4.71. The Labute approximate surface area is 198 Å². The van der Waals surface area contributed by atoms with Gasteiger partial charge in [0.15, 0.2) is 0 Å². The first kappa shape index (κ1) is 22.4. The molecule has 34 heavy (non-hydrogen) atoms. The molecule has 1 unspecified atom stereocenters. The van der Waals surface area contributed by atoms with Crippen LogP contribution in [-0.4, -0.2) is 53.8 Å². The van der Waals surface area contributed by atoms with Crippen molar-refractivity contribution < 1.29 is 4.74 Å². The molecular weight excluding hydrogens is 428 g/mol. The van der Waals surface area contributed by atoms with Crippen LogP contribution in [0.2, 0.25) is 0 Å². The molecule has 8 nitrogen and oxygen atoms in total. The van der Waals surface area contributed by atoms with E-state index in [0.29, 0.717) is 23.9 Å². The minimum absolute atomic E-state index is 0.0161. The molecule has 0 radical (unpaired) electrons. The first-order chi connectivity index (χ1) is 16.5. The van der Waals surface area contributed by atoms with Gasteiger partial charge < -0.3 is 30.7 Å². The van der Waals surface area contributed by atoms with Crippen LogP contribution in [-0.2, 0) is 4.74 Å². The molecule has 1 aliphatic rings. The number of nitrogens with one attached hydrogen (secondary N) is 3. The van der Waals surface area contributed by atoms with Gasteiger partial charge >= 0.3 is 0 Å². The molecule has 2 aromatic heterocycles. The normalized spacial score (nSPS) is 15.4. The largest absolute Gasteiger partial charge is 0.382 e. The lowest BCUT2D eigenvalue weighted by molar-refractivity contribution is 0.122. The zero-order valence-electron chi connectivity index (χ0n) is 19.7. The van der Waals surface area contributed by atoms with Gasteiger partial charge in [-0.15, -0.1) is 0 Å². The third-order valence-electron chi connectivity index (χ3n) is 6.32. The van der Waals surface area contributed by atoms with E-state index in [2.05, 4.69) is 46.2 Å². The summed E-state index contributed by atoms with van der Waals surface area (Å²) in [4.78, 5) is 26.8. The van der Waals surface area contributed by atoms with Crippen LogP contribution in [0.4, 0.5) is 11.4 Å². The zero-order chi connectivity index (χ0) is 23.7. The third-order valence-corrected chi connectivity index (χ3v) is 6.32. The molecule has 2 aromatic carbocycles. The lowest BCUT2D eigenvalue weighted by atomic mass is 10.0. The predicted molar refractivity (Wildman–Crippen MR) is 139 cm³/mol. The van der Waals surface area contributed by atoms with Crippen molar-refractivity contribution in [3.05, 3.63) is 52.8 Å². The number of hydrogen-bond acceptors (Lipinski definition) is 6. The number of para-hydroxylation sites is 1. The Bertz CT molecular complexity index is 1350. The number of nitrogens with two attached hydrogens (primary N) is 1. The van der Waals surface area contributed by atoms with Crippen molar-refractivity contribution in [2.24, 2.45) is 11.7 Å². The number of ether oxygens (including phenoxy) is 1. The number of anilines is 2. The summed E-state index contributed by atoms with van der Waals surface area (Å²) in [5.41, 5.74) is 11.0. The Morgan fingerprint density at radius 1 is 1.12 bits per heavy atom. The number of pyridine rings is 1. The molecule has 0 amide bonds. The van der Waals surface area contributed by atoms with Crippen molar-refractivity contribution >= 4 is 33.3 Å². The fraction of sp³-hybridized carbons (Fsp3) is 0.385. The van der Waals surface area contributed by atoms with Gasteiger partial charge in [-0.3, -0.25) is 4.79 Å². The topological polar surface area (TPSA) is 112 Å². The highest BCUT2D eigenvalue weighted by molar-refractivity contribution is 5.99. The summed E-state index contributed by atoms with van der Waals surface area (Å²) in [6.07, 6.45) is 0.901. The second-order valence-corrected chi connectivity index (χ2v) is 9.41. The Morgan fingerprint density at radius 3 is 2.71 bits per heavy atom. The average molecular weight is 461 g/mol. The second kappa shape index (κ2) is 9.48. The molecule has 1 saturated heterocycles. The number of fused-ring (bicyclic) bond motifs is 2. The summed E-state index contributed by atoms with van der Waals surface area (Å²) in [7, 11) is 0. The summed E-state index contributed by atoms with van der Waals surface area (Å²) < 4.78 is 5.48. The molecule has 0 saturated carbocycles. The van der Waals surface area contributed by atoms with Gasteiger partial charge in [0, 0.05) is 36.7 Å². The number of nitrogens with zero attached hydrogens (tertiary/aromatic N) is 2. The molecular formula is C26H32N6O2. The lowest BCUT2D eigenvalue weighted by Gasteiger charge is -2.28. The van der Waals surface area contributed by atoms with E-state index in [-0.39, 0.29) is 11.6 Å². The van der Waals surface area contributed by atoms with Crippen LogP contribution in [0.3, 0.4) is 0 Å². The summed E-state index contributed by atoms with van der Waals surface area (Å²) in [5.74, 6) is 1.05. The minimum Gasteiger partial charge on any atom is -0.382 e. The Kier molecular flexibility index (Phi) is 6.26. The number of morpholine rings is 1. The highest BCUT2D eigenvalue weighted by Crippen LogP contribution is 2.31. The van der Waals surface area contributed by atoms with E-state index in [0.717, 1.165) is 66.0 Å². The van der Waals surface area contributed by atoms with Crippen LogP contribution < -0.4 is 21.5 Å². The van der Waals surface area contributed by atoms with E-state index in [9.17, 15) is 4.79 Å². The average Bonchev–Trinajstić information content (AvgIpc) is 3.25. The first-order valence-corrected chi connectivity index (χ1v) is 12.0. The molecule has 0 bridgehead atoms. The molecule has 1 atom stereocenters. The van der Waals surface area contributed by atoms with Crippen LogP contribution in [0.1, 0.15) is 20.3 Å². The predicted octanol–water partition coefficient (Wildman–Crippen LogP) is 3.69. The molecule has 1 aliphatic heterocycles. The van der Waals surface area contributed by atoms with E-state index < -0.39 is 0 Å². The van der Waals surface area contributed by atoms with Crippen molar-refractivity contribution in [2.75, 3.05) is 43.1 Å².